The SMILES string of the molecule is CCCCCCCC/C=C\CCCCCCCCCC(=O)OCCCCCCCCCCCC/C=C\CCCCCCCCCC(=O)NC(CO)C(O)/C=C/CCCCCCCCCCCCCCCCCC. The van der Waals surface area contributed by atoms with Crippen LogP contribution in [0, 0.1) is 0 Å². The number of esters is 1. The molecule has 2 unspecified atom stereocenters. The minimum atomic E-state index is -0.850. The van der Waals surface area contributed by atoms with Gasteiger partial charge in [0.1, 0.15) is 0 Å². The van der Waals surface area contributed by atoms with Gasteiger partial charge in [0.2, 0.25) is 5.91 Å². The zero-order chi connectivity index (χ0) is 52.9. The third kappa shape index (κ3) is 59.2. The topological polar surface area (TPSA) is 95.9 Å². The van der Waals surface area contributed by atoms with E-state index in [1.807, 2.05) is 6.08 Å². The van der Waals surface area contributed by atoms with Crippen LogP contribution in [0.1, 0.15) is 354 Å². The third-order valence-corrected chi connectivity index (χ3v) is 15.1. The van der Waals surface area contributed by atoms with Crippen molar-refractivity contribution in [1.29, 1.82) is 0 Å². The van der Waals surface area contributed by atoms with E-state index in [9.17, 15) is 19.8 Å². The summed E-state index contributed by atoms with van der Waals surface area (Å²) >= 11 is 0. The number of hydrogen-bond acceptors (Lipinski definition) is 5. The van der Waals surface area contributed by atoms with E-state index in [1.165, 1.54) is 276 Å². The Labute approximate surface area is 455 Å². The van der Waals surface area contributed by atoms with Gasteiger partial charge < -0.3 is 20.3 Å². The van der Waals surface area contributed by atoms with E-state index < -0.39 is 12.1 Å². The zero-order valence-corrected chi connectivity index (χ0v) is 49.1. The number of unbranched alkanes of at least 4 members (excludes halogenated alkanes) is 46. The minimum absolute atomic E-state index is 0.00455. The van der Waals surface area contributed by atoms with Gasteiger partial charge in [-0.25, -0.2) is 0 Å². The summed E-state index contributed by atoms with van der Waals surface area (Å²) in [7, 11) is 0. The Morgan fingerprint density at radius 2 is 0.644 bits per heavy atom. The molecular weight excluding hydrogens is 899 g/mol. The van der Waals surface area contributed by atoms with Crippen molar-refractivity contribution in [1.82, 2.24) is 5.32 Å². The quantitative estimate of drug-likeness (QED) is 0.0320. The monoisotopic (exact) mass is 1030 g/mol. The normalized spacial score (nSPS) is 12.8. The largest absolute Gasteiger partial charge is 0.466 e. The van der Waals surface area contributed by atoms with E-state index in [2.05, 4.69) is 43.5 Å². The van der Waals surface area contributed by atoms with Crippen LogP contribution >= 0.6 is 0 Å². The van der Waals surface area contributed by atoms with Gasteiger partial charge in [-0.05, 0) is 83.5 Å². The molecule has 0 saturated carbocycles. The molecule has 2 atom stereocenters. The number of aliphatic hydroxyl groups excluding tert-OH is 2. The summed E-state index contributed by atoms with van der Waals surface area (Å²) in [6.07, 6.45) is 79.0. The van der Waals surface area contributed by atoms with Crippen molar-refractivity contribution in [2.45, 2.75) is 366 Å². The number of hydrogen-bond donors (Lipinski definition) is 3. The summed E-state index contributed by atoms with van der Waals surface area (Å²) in [5.41, 5.74) is 0. The molecule has 0 saturated heterocycles. The molecular formula is C67H127NO5. The Bertz CT molecular complexity index is 1180. The zero-order valence-electron chi connectivity index (χ0n) is 49.1. The summed E-state index contributed by atoms with van der Waals surface area (Å²) in [6, 6.07) is -0.634. The van der Waals surface area contributed by atoms with Gasteiger partial charge in [0.25, 0.3) is 0 Å². The molecule has 0 radical (unpaired) electrons. The van der Waals surface area contributed by atoms with Crippen LogP contribution in [-0.4, -0.2) is 47.4 Å². The van der Waals surface area contributed by atoms with Crippen LogP contribution in [-0.2, 0) is 14.3 Å². The lowest BCUT2D eigenvalue weighted by molar-refractivity contribution is -0.143. The molecule has 6 heteroatoms. The van der Waals surface area contributed by atoms with Gasteiger partial charge in [0.05, 0.1) is 25.4 Å². The second-order valence-corrected chi connectivity index (χ2v) is 22.4. The Morgan fingerprint density at radius 1 is 0.370 bits per heavy atom. The highest BCUT2D eigenvalue weighted by Gasteiger charge is 2.18. The number of carbonyl (C=O) groups excluding carboxylic acids is 2. The Kier molecular flexibility index (Phi) is 61.0. The van der Waals surface area contributed by atoms with Gasteiger partial charge in [-0.1, -0.05) is 294 Å². The van der Waals surface area contributed by atoms with Crippen molar-refractivity contribution in [3.8, 4) is 0 Å². The van der Waals surface area contributed by atoms with Crippen LogP contribution in [0.2, 0.25) is 0 Å². The van der Waals surface area contributed by atoms with Crippen molar-refractivity contribution < 1.29 is 24.5 Å². The number of nitrogens with one attached hydrogen (secondary N) is 1. The van der Waals surface area contributed by atoms with E-state index >= 15 is 0 Å². The molecule has 0 aliphatic carbocycles. The highest BCUT2D eigenvalue weighted by atomic mass is 16.5. The van der Waals surface area contributed by atoms with E-state index in [4.69, 9.17) is 4.74 Å². The predicted molar refractivity (Wildman–Crippen MR) is 319 cm³/mol. The first-order chi connectivity index (χ1) is 36.0. The fourth-order valence-electron chi connectivity index (χ4n) is 10.1. The summed E-state index contributed by atoms with van der Waals surface area (Å²) in [6.45, 7) is 4.91. The molecule has 0 aromatic rings. The molecule has 430 valence electrons. The number of ether oxygens (including phenoxy) is 1. The average molecular weight is 1030 g/mol. The fourth-order valence-corrected chi connectivity index (χ4v) is 10.1. The summed E-state index contributed by atoms with van der Waals surface area (Å²) in [5.74, 6) is -0.0690. The highest BCUT2D eigenvalue weighted by molar-refractivity contribution is 5.76. The van der Waals surface area contributed by atoms with Gasteiger partial charge in [-0.2, -0.15) is 0 Å². The van der Waals surface area contributed by atoms with Crippen LogP contribution in [0.15, 0.2) is 36.5 Å². The molecule has 0 aromatic heterocycles. The van der Waals surface area contributed by atoms with Gasteiger partial charge in [-0.15, -0.1) is 0 Å². The minimum Gasteiger partial charge on any atom is -0.466 e. The number of rotatable bonds is 61. The van der Waals surface area contributed by atoms with Gasteiger partial charge in [0.15, 0.2) is 0 Å². The van der Waals surface area contributed by atoms with Gasteiger partial charge in [0, 0.05) is 12.8 Å². The molecule has 0 bridgehead atoms. The van der Waals surface area contributed by atoms with Crippen molar-refractivity contribution in [3.63, 3.8) is 0 Å². The first-order valence-electron chi connectivity index (χ1n) is 32.8. The third-order valence-electron chi connectivity index (χ3n) is 15.1. The fraction of sp³-hybridized carbons (Fsp3) is 0.881. The number of allylic oxidation sites excluding steroid dienone is 5. The molecule has 6 nitrogen and oxygen atoms in total. The maximum absolute atomic E-state index is 12.5. The highest BCUT2D eigenvalue weighted by Crippen LogP contribution is 2.17. The van der Waals surface area contributed by atoms with E-state index in [0.29, 0.717) is 19.4 Å². The van der Waals surface area contributed by atoms with Crippen LogP contribution in [0.5, 0.6) is 0 Å². The molecule has 0 spiro atoms. The van der Waals surface area contributed by atoms with Crippen molar-refractivity contribution >= 4 is 11.9 Å². The second-order valence-electron chi connectivity index (χ2n) is 22.4. The Balaban J connectivity index is 3.44. The molecule has 0 aliphatic rings. The molecule has 0 heterocycles. The van der Waals surface area contributed by atoms with Crippen LogP contribution in [0.3, 0.4) is 0 Å². The van der Waals surface area contributed by atoms with Crippen molar-refractivity contribution in [2.24, 2.45) is 0 Å². The second kappa shape index (κ2) is 62.6. The lowest BCUT2D eigenvalue weighted by Crippen LogP contribution is -2.45. The van der Waals surface area contributed by atoms with Crippen molar-refractivity contribution in [3.05, 3.63) is 36.5 Å². The molecule has 0 aromatic carbocycles. The number of aliphatic hydroxyl groups is 2. The molecule has 0 rings (SSSR count). The first kappa shape index (κ1) is 71.1. The van der Waals surface area contributed by atoms with E-state index in [0.717, 1.165) is 51.4 Å². The van der Waals surface area contributed by atoms with Gasteiger partial charge >= 0.3 is 5.97 Å². The van der Waals surface area contributed by atoms with Crippen LogP contribution in [0.25, 0.3) is 0 Å². The Morgan fingerprint density at radius 3 is 0.973 bits per heavy atom. The molecule has 1 amide bonds. The van der Waals surface area contributed by atoms with Crippen molar-refractivity contribution in [2.75, 3.05) is 13.2 Å². The summed E-state index contributed by atoms with van der Waals surface area (Å²) < 4.78 is 5.49. The maximum Gasteiger partial charge on any atom is 0.305 e. The number of amides is 1. The molecule has 3 N–H and O–H groups in total. The standard InChI is InChI=1S/C67H127NO5/c1-3-5-7-9-11-13-15-17-19-21-28-31-35-39-43-47-51-55-59-65(70)64(63-69)68-66(71)60-56-52-48-44-40-36-32-29-25-23-22-24-26-30-34-38-42-46-50-54-58-62-73-67(72)61-57-53-49-45-41-37-33-27-20-18-16-14-12-10-8-6-4-2/h18,20,23,25,55,59,64-65,69-70H,3-17,19,21-22,24,26-54,56-58,60-63H2,1-2H3,(H,68,71)/b20-18-,25-23-,59-55+. The lowest BCUT2D eigenvalue weighted by atomic mass is 10.0. The molecule has 0 fully saturated rings. The predicted octanol–water partition coefficient (Wildman–Crippen LogP) is 20.8. The van der Waals surface area contributed by atoms with Crippen LogP contribution in [0.4, 0.5) is 0 Å². The van der Waals surface area contributed by atoms with E-state index in [1.54, 1.807) is 6.08 Å². The first-order valence-corrected chi connectivity index (χ1v) is 32.8. The van der Waals surface area contributed by atoms with Crippen LogP contribution < -0.4 is 5.32 Å². The summed E-state index contributed by atoms with van der Waals surface area (Å²) in [4.78, 5) is 24.6. The Hall–Kier alpha value is -1.92. The maximum atomic E-state index is 12.5. The van der Waals surface area contributed by atoms with Gasteiger partial charge in [-0.3, -0.25) is 9.59 Å². The lowest BCUT2D eigenvalue weighted by Gasteiger charge is -2.20. The molecule has 0 aliphatic heterocycles. The molecule has 73 heavy (non-hydrogen) atoms. The smallest absolute Gasteiger partial charge is 0.305 e. The number of carbonyl (C=O) groups is 2. The van der Waals surface area contributed by atoms with E-state index in [-0.39, 0.29) is 18.5 Å². The average Bonchev–Trinajstić information content (AvgIpc) is 3.39. The summed E-state index contributed by atoms with van der Waals surface area (Å²) in [5, 5.41) is 23.2.